The average molecular weight is 296 g/mol. The summed E-state index contributed by atoms with van der Waals surface area (Å²) < 4.78 is 25.9. The molecule has 0 aliphatic heterocycles. The summed E-state index contributed by atoms with van der Waals surface area (Å²) in [4.78, 5) is 0.357. The Labute approximate surface area is 122 Å². The molecule has 0 atom stereocenters. The predicted molar refractivity (Wildman–Crippen MR) is 82.4 cm³/mol. The van der Waals surface area contributed by atoms with Crippen LogP contribution < -0.4 is 5.32 Å². The Kier molecular flexibility index (Phi) is 4.39. The van der Waals surface area contributed by atoms with Crippen LogP contribution in [0.2, 0.25) is 0 Å². The number of sulfonamides is 1. The van der Waals surface area contributed by atoms with Gasteiger partial charge in [0.2, 0.25) is 10.0 Å². The molecule has 1 aromatic rings. The molecule has 20 heavy (non-hydrogen) atoms. The predicted octanol–water partition coefficient (Wildman–Crippen LogP) is 2.93. The largest absolute Gasteiger partial charge is 0.383 e. The van der Waals surface area contributed by atoms with Gasteiger partial charge in [-0.15, -0.1) is 0 Å². The van der Waals surface area contributed by atoms with Gasteiger partial charge in [-0.2, -0.15) is 0 Å². The molecule has 4 nitrogen and oxygen atoms in total. The normalized spacial score (nSPS) is 17.8. The molecule has 1 aliphatic carbocycles. The van der Waals surface area contributed by atoms with E-state index in [4.69, 9.17) is 0 Å². The first-order valence-electron chi connectivity index (χ1n) is 7.17. The van der Waals surface area contributed by atoms with E-state index in [1.54, 1.807) is 26.2 Å². The molecular weight excluding hydrogens is 272 g/mol. The van der Waals surface area contributed by atoms with E-state index in [0.29, 0.717) is 16.0 Å². The molecule has 0 bridgehead atoms. The van der Waals surface area contributed by atoms with Crippen LogP contribution in [0.5, 0.6) is 0 Å². The van der Waals surface area contributed by atoms with E-state index in [0.717, 1.165) is 13.0 Å². The fourth-order valence-corrected chi connectivity index (χ4v) is 3.71. The van der Waals surface area contributed by atoms with Crippen molar-refractivity contribution in [3.05, 3.63) is 24.3 Å². The summed E-state index contributed by atoms with van der Waals surface area (Å²) in [5.74, 6) is 0. The number of hydrogen-bond donors (Lipinski definition) is 1. The lowest BCUT2D eigenvalue weighted by Gasteiger charge is -2.41. The summed E-state index contributed by atoms with van der Waals surface area (Å²) in [6.07, 6.45) is 4.90. The maximum atomic E-state index is 12.3. The molecule has 0 spiro atoms. The number of nitrogens with zero attached hydrogens (tertiary/aromatic N) is 1. The molecule has 2 rings (SSSR count). The monoisotopic (exact) mass is 296 g/mol. The van der Waals surface area contributed by atoms with Crippen LogP contribution in [0.4, 0.5) is 5.69 Å². The minimum absolute atomic E-state index is 0.356. The zero-order chi connectivity index (χ0) is 14.8. The van der Waals surface area contributed by atoms with E-state index in [-0.39, 0.29) is 0 Å². The van der Waals surface area contributed by atoms with Gasteiger partial charge >= 0.3 is 0 Å². The Morgan fingerprint density at radius 1 is 1.25 bits per heavy atom. The summed E-state index contributed by atoms with van der Waals surface area (Å²) >= 11 is 0. The molecule has 112 valence electrons. The summed E-state index contributed by atoms with van der Waals surface area (Å²) in [7, 11) is -0.278. The van der Waals surface area contributed by atoms with Crippen molar-refractivity contribution < 1.29 is 8.42 Å². The third kappa shape index (κ3) is 2.83. The van der Waals surface area contributed by atoms with E-state index in [1.165, 1.54) is 23.6 Å². The van der Waals surface area contributed by atoms with Gasteiger partial charge in [0.25, 0.3) is 0 Å². The molecule has 1 aromatic carbocycles. The molecular formula is C15H24N2O2S. The second-order valence-corrected chi connectivity index (χ2v) is 7.96. The first-order valence-corrected chi connectivity index (χ1v) is 8.61. The number of anilines is 1. The third-order valence-corrected chi connectivity index (χ3v) is 6.34. The summed E-state index contributed by atoms with van der Waals surface area (Å²) in [6, 6.07) is 7.15. The van der Waals surface area contributed by atoms with Crippen LogP contribution >= 0.6 is 0 Å². The molecule has 0 unspecified atom stereocenters. The SMILES string of the molecule is CCC1(CNc2ccccc2S(=O)(=O)N(C)C)CCC1. The minimum Gasteiger partial charge on any atom is -0.383 e. The molecule has 0 amide bonds. The number of nitrogens with one attached hydrogen (secondary N) is 1. The van der Waals surface area contributed by atoms with Crippen LogP contribution in [0.25, 0.3) is 0 Å². The molecule has 0 radical (unpaired) electrons. The van der Waals surface area contributed by atoms with Gasteiger partial charge in [0.05, 0.1) is 5.69 Å². The third-order valence-electron chi connectivity index (χ3n) is 4.46. The van der Waals surface area contributed by atoms with E-state index in [9.17, 15) is 8.42 Å². The highest BCUT2D eigenvalue weighted by Crippen LogP contribution is 2.44. The fourth-order valence-electron chi connectivity index (χ4n) is 2.65. The molecule has 0 aromatic heterocycles. The van der Waals surface area contributed by atoms with Crippen LogP contribution in [0.15, 0.2) is 29.2 Å². The van der Waals surface area contributed by atoms with Crippen molar-refractivity contribution in [3.8, 4) is 0 Å². The Morgan fingerprint density at radius 2 is 1.90 bits per heavy atom. The fraction of sp³-hybridized carbons (Fsp3) is 0.600. The van der Waals surface area contributed by atoms with Crippen molar-refractivity contribution >= 4 is 15.7 Å². The zero-order valence-corrected chi connectivity index (χ0v) is 13.3. The Morgan fingerprint density at radius 3 is 2.40 bits per heavy atom. The molecule has 1 aliphatic rings. The maximum Gasteiger partial charge on any atom is 0.244 e. The van der Waals surface area contributed by atoms with Gasteiger partial charge < -0.3 is 5.32 Å². The van der Waals surface area contributed by atoms with E-state index >= 15 is 0 Å². The number of hydrogen-bond acceptors (Lipinski definition) is 3. The van der Waals surface area contributed by atoms with Gasteiger partial charge in [-0.25, -0.2) is 12.7 Å². The van der Waals surface area contributed by atoms with E-state index in [1.807, 2.05) is 12.1 Å². The molecule has 1 saturated carbocycles. The molecule has 1 fully saturated rings. The highest BCUT2D eigenvalue weighted by Gasteiger charge is 2.35. The molecule has 5 heteroatoms. The molecule has 0 saturated heterocycles. The Balaban J connectivity index is 2.21. The first-order chi connectivity index (χ1) is 9.41. The lowest BCUT2D eigenvalue weighted by atomic mass is 9.67. The quantitative estimate of drug-likeness (QED) is 0.878. The van der Waals surface area contributed by atoms with Crippen LogP contribution in [-0.2, 0) is 10.0 Å². The van der Waals surface area contributed by atoms with Gasteiger partial charge in [0.1, 0.15) is 4.90 Å². The van der Waals surface area contributed by atoms with Crippen molar-refractivity contribution in [3.63, 3.8) is 0 Å². The van der Waals surface area contributed by atoms with Crippen LogP contribution in [-0.4, -0.2) is 33.4 Å². The minimum atomic E-state index is -3.40. The highest BCUT2D eigenvalue weighted by atomic mass is 32.2. The average Bonchev–Trinajstić information content (AvgIpc) is 2.38. The van der Waals surface area contributed by atoms with Crippen LogP contribution in [0.3, 0.4) is 0 Å². The van der Waals surface area contributed by atoms with Crippen LogP contribution in [0, 0.1) is 5.41 Å². The standard InChI is InChI=1S/C15H24N2O2S/c1-4-15(10-7-11-15)12-16-13-8-5-6-9-14(13)20(18,19)17(2)3/h5-6,8-9,16H,4,7,10-12H2,1-3H3. The first kappa shape index (κ1) is 15.3. The van der Waals surface area contributed by atoms with E-state index < -0.39 is 10.0 Å². The Hall–Kier alpha value is -1.07. The lowest BCUT2D eigenvalue weighted by molar-refractivity contribution is 0.145. The second kappa shape index (κ2) is 5.74. The summed E-state index contributed by atoms with van der Waals surface area (Å²) in [5.41, 5.74) is 1.07. The van der Waals surface area contributed by atoms with Crippen molar-refractivity contribution in [2.75, 3.05) is 26.0 Å². The number of para-hydroxylation sites is 1. The zero-order valence-electron chi connectivity index (χ0n) is 12.5. The molecule has 1 N–H and O–H groups in total. The van der Waals surface area contributed by atoms with Gasteiger partial charge in [-0.3, -0.25) is 0 Å². The van der Waals surface area contributed by atoms with Crippen molar-refractivity contribution in [2.45, 2.75) is 37.5 Å². The van der Waals surface area contributed by atoms with Crippen molar-refractivity contribution in [1.82, 2.24) is 4.31 Å². The number of rotatable bonds is 6. The summed E-state index contributed by atoms with van der Waals surface area (Å²) in [6.45, 7) is 3.06. The smallest absolute Gasteiger partial charge is 0.244 e. The molecule has 0 heterocycles. The van der Waals surface area contributed by atoms with Gasteiger partial charge in [0.15, 0.2) is 0 Å². The van der Waals surface area contributed by atoms with Crippen molar-refractivity contribution in [1.29, 1.82) is 0 Å². The highest BCUT2D eigenvalue weighted by molar-refractivity contribution is 7.89. The van der Waals surface area contributed by atoms with Crippen molar-refractivity contribution in [2.24, 2.45) is 5.41 Å². The lowest BCUT2D eigenvalue weighted by Crippen LogP contribution is -2.36. The van der Waals surface area contributed by atoms with Gasteiger partial charge in [-0.05, 0) is 36.8 Å². The van der Waals surface area contributed by atoms with Gasteiger partial charge in [-0.1, -0.05) is 25.5 Å². The van der Waals surface area contributed by atoms with Gasteiger partial charge in [0, 0.05) is 20.6 Å². The van der Waals surface area contributed by atoms with E-state index in [2.05, 4.69) is 12.2 Å². The summed E-state index contributed by atoms with van der Waals surface area (Å²) in [5, 5.41) is 3.36. The topological polar surface area (TPSA) is 49.4 Å². The number of benzene rings is 1. The second-order valence-electron chi connectivity index (χ2n) is 5.84. The van der Waals surface area contributed by atoms with Crippen LogP contribution in [0.1, 0.15) is 32.6 Å². The Bertz CT molecular complexity index is 557. The maximum absolute atomic E-state index is 12.3.